The Hall–Kier alpha value is -2.69. The van der Waals surface area contributed by atoms with E-state index in [0.717, 1.165) is 32.3 Å². The van der Waals surface area contributed by atoms with Crippen LogP contribution >= 0.6 is 23.2 Å². The van der Waals surface area contributed by atoms with E-state index in [-0.39, 0.29) is 34.0 Å². The third-order valence-corrected chi connectivity index (χ3v) is 7.23. The molecule has 186 valence electrons. The zero-order valence-corrected chi connectivity index (χ0v) is 20.4. The van der Waals surface area contributed by atoms with Crippen molar-refractivity contribution in [3.8, 4) is 0 Å². The minimum atomic E-state index is -0.530. The Labute approximate surface area is 211 Å². The molecule has 5 rings (SSSR count). The van der Waals surface area contributed by atoms with Gasteiger partial charge in [-0.15, -0.1) is 0 Å². The van der Waals surface area contributed by atoms with Crippen LogP contribution in [0.1, 0.15) is 44.6 Å². The van der Waals surface area contributed by atoms with Gasteiger partial charge in [0.2, 0.25) is 17.8 Å². The number of carbonyl (C=O) groups excluding carboxylic acids is 1. The van der Waals surface area contributed by atoms with Gasteiger partial charge in [0.25, 0.3) is 0 Å². The lowest BCUT2D eigenvalue weighted by molar-refractivity contribution is -0.122. The molecule has 2 aromatic heterocycles. The molecule has 4 N–H and O–H groups in total. The number of aromatic nitrogens is 4. The Bertz CT molecular complexity index is 1220. The van der Waals surface area contributed by atoms with Crippen LogP contribution in [-0.2, 0) is 9.53 Å². The van der Waals surface area contributed by atoms with Gasteiger partial charge in [-0.2, -0.15) is 4.98 Å². The number of anilines is 3. The molecule has 1 atom stereocenters. The van der Waals surface area contributed by atoms with E-state index in [1.165, 1.54) is 12.1 Å². The van der Waals surface area contributed by atoms with E-state index >= 15 is 0 Å². The highest BCUT2D eigenvalue weighted by Gasteiger charge is 2.29. The van der Waals surface area contributed by atoms with Crippen LogP contribution in [-0.4, -0.2) is 44.7 Å². The average molecular weight is 522 g/mol. The second-order valence-electron chi connectivity index (χ2n) is 9.04. The summed E-state index contributed by atoms with van der Waals surface area (Å²) in [5.74, 6) is 0.00844. The Morgan fingerprint density at radius 1 is 1.14 bits per heavy atom. The number of halogens is 3. The first-order valence-corrected chi connectivity index (χ1v) is 12.4. The summed E-state index contributed by atoms with van der Waals surface area (Å²) in [7, 11) is 0. The fraction of sp³-hybridized carbons (Fsp3) is 0.478. The highest BCUT2D eigenvalue weighted by atomic mass is 35.5. The molecular weight excluding hydrogens is 496 g/mol. The fourth-order valence-corrected chi connectivity index (χ4v) is 5.38. The van der Waals surface area contributed by atoms with Crippen LogP contribution in [0.25, 0.3) is 11.2 Å². The summed E-state index contributed by atoms with van der Waals surface area (Å²) in [5, 5.41) is 6.81. The molecule has 1 unspecified atom stereocenters. The van der Waals surface area contributed by atoms with Gasteiger partial charge in [0.05, 0.1) is 34.6 Å². The molecule has 1 aliphatic carbocycles. The molecular formula is C23H26Cl2FN7O2. The fourth-order valence-electron chi connectivity index (χ4n) is 4.82. The lowest BCUT2D eigenvalue weighted by Gasteiger charge is -2.29. The zero-order chi connectivity index (χ0) is 24.5. The molecule has 1 aliphatic heterocycles. The van der Waals surface area contributed by atoms with Crippen LogP contribution in [0.4, 0.5) is 22.0 Å². The summed E-state index contributed by atoms with van der Waals surface area (Å²) in [6.45, 7) is 1.37. The number of benzene rings is 1. The van der Waals surface area contributed by atoms with Gasteiger partial charge < -0.3 is 21.1 Å². The van der Waals surface area contributed by atoms with E-state index in [2.05, 4.69) is 15.6 Å². The van der Waals surface area contributed by atoms with Crippen LogP contribution in [0.2, 0.25) is 10.0 Å². The van der Waals surface area contributed by atoms with Crippen molar-refractivity contribution >= 4 is 57.9 Å². The maximum absolute atomic E-state index is 13.7. The molecule has 1 saturated carbocycles. The first kappa shape index (κ1) is 24.0. The van der Waals surface area contributed by atoms with E-state index in [0.29, 0.717) is 48.2 Å². The van der Waals surface area contributed by atoms with Gasteiger partial charge in [0, 0.05) is 18.6 Å². The van der Waals surface area contributed by atoms with Gasteiger partial charge in [0.1, 0.15) is 11.3 Å². The molecule has 3 heterocycles. The summed E-state index contributed by atoms with van der Waals surface area (Å²) in [4.78, 5) is 25.6. The summed E-state index contributed by atoms with van der Waals surface area (Å²) >= 11 is 12.6. The second kappa shape index (κ2) is 10.1. The van der Waals surface area contributed by atoms with E-state index in [1.807, 2.05) is 4.57 Å². The number of nitrogens with one attached hydrogen (secondary N) is 2. The molecule has 0 spiro atoms. The van der Waals surface area contributed by atoms with E-state index < -0.39 is 5.82 Å². The maximum atomic E-state index is 13.7. The molecule has 1 aromatic carbocycles. The number of hydrogen-bond donors (Lipinski definition) is 3. The Morgan fingerprint density at radius 2 is 1.89 bits per heavy atom. The molecule has 9 nitrogen and oxygen atoms in total. The molecule has 0 bridgehead atoms. The Kier molecular flexibility index (Phi) is 6.95. The molecule has 35 heavy (non-hydrogen) atoms. The van der Waals surface area contributed by atoms with Gasteiger partial charge in [-0.25, -0.2) is 14.4 Å². The number of nitrogens with two attached hydrogens (primary N) is 1. The van der Waals surface area contributed by atoms with Crippen molar-refractivity contribution in [1.29, 1.82) is 0 Å². The normalized spacial score (nSPS) is 22.8. The summed E-state index contributed by atoms with van der Waals surface area (Å²) in [6.07, 6.45) is 6.42. The van der Waals surface area contributed by atoms with Crippen molar-refractivity contribution in [3.63, 3.8) is 0 Å². The second-order valence-corrected chi connectivity index (χ2v) is 9.86. The predicted octanol–water partition coefficient (Wildman–Crippen LogP) is 4.82. The lowest BCUT2D eigenvalue weighted by Crippen LogP contribution is -2.31. The number of rotatable bonds is 6. The first-order chi connectivity index (χ1) is 16.9. The van der Waals surface area contributed by atoms with Crippen LogP contribution in [0, 0.1) is 11.7 Å². The highest BCUT2D eigenvalue weighted by Crippen LogP contribution is 2.39. The number of ether oxygens (including phenoxy) is 1. The van der Waals surface area contributed by atoms with Gasteiger partial charge in [0.15, 0.2) is 5.65 Å². The minimum Gasteiger partial charge on any atom is -0.379 e. The third kappa shape index (κ3) is 5.14. The molecule has 12 heteroatoms. The number of hydrogen-bond acceptors (Lipinski definition) is 7. The van der Waals surface area contributed by atoms with Gasteiger partial charge >= 0.3 is 0 Å². The summed E-state index contributed by atoms with van der Waals surface area (Å²) < 4.78 is 21.3. The summed E-state index contributed by atoms with van der Waals surface area (Å²) in [5.41, 5.74) is 7.11. The summed E-state index contributed by atoms with van der Waals surface area (Å²) in [6, 6.07) is 2.53. The van der Waals surface area contributed by atoms with Crippen LogP contribution < -0.4 is 16.4 Å². The number of carbonyl (C=O) groups is 1. The van der Waals surface area contributed by atoms with Gasteiger partial charge in [-0.3, -0.25) is 9.36 Å². The molecule has 2 fully saturated rings. The highest BCUT2D eigenvalue weighted by molar-refractivity contribution is 6.39. The lowest BCUT2D eigenvalue weighted by atomic mass is 9.85. The molecule has 3 aromatic rings. The maximum Gasteiger partial charge on any atom is 0.225 e. The standard InChI is InChI=1S/C23H26Cl2FN7O2/c24-16-8-13(26)9-17(25)19(16)31-23-30-18-10-28-22(29-14-2-1-7-35-11-14)32-21(18)33(23)15-5-3-12(4-6-15)20(27)34/h8-10,12,14-15H,1-7,11H2,(H2,27,34)(H,30,31)(H,28,29,32)/t12-,14?,15+. The van der Waals surface area contributed by atoms with Gasteiger partial charge in [-0.1, -0.05) is 23.2 Å². The number of nitrogens with zero attached hydrogens (tertiary/aromatic N) is 4. The minimum absolute atomic E-state index is 0.0110. The number of amides is 1. The third-order valence-electron chi connectivity index (χ3n) is 6.63. The largest absolute Gasteiger partial charge is 0.379 e. The average Bonchev–Trinajstić information content (AvgIpc) is 3.19. The Morgan fingerprint density at radius 3 is 2.54 bits per heavy atom. The molecule has 1 saturated heterocycles. The number of fused-ring (bicyclic) bond motifs is 1. The number of primary amides is 1. The molecule has 1 amide bonds. The monoisotopic (exact) mass is 521 g/mol. The zero-order valence-electron chi connectivity index (χ0n) is 18.9. The van der Waals surface area contributed by atoms with Crippen molar-refractivity contribution in [2.75, 3.05) is 23.8 Å². The van der Waals surface area contributed by atoms with Crippen molar-refractivity contribution < 1.29 is 13.9 Å². The van der Waals surface area contributed by atoms with Crippen molar-refractivity contribution in [1.82, 2.24) is 19.5 Å². The van der Waals surface area contributed by atoms with Crippen molar-refractivity contribution in [2.45, 2.75) is 50.6 Å². The molecule has 2 aliphatic rings. The van der Waals surface area contributed by atoms with Crippen LogP contribution in [0.15, 0.2) is 18.3 Å². The number of imidazole rings is 1. The van der Waals surface area contributed by atoms with Crippen LogP contribution in [0.5, 0.6) is 0 Å². The predicted molar refractivity (Wildman–Crippen MR) is 133 cm³/mol. The Balaban J connectivity index is 1.52. The quantitative estimate of drug-likeness (QED) is 0.425. The van der Waals surface area contributed by atoms with Crippen molar-refractivity contribution in [2.24, 2.45) is 11.7 Å². The van der Waals surface area contributed by atoms with Crippen LogP contribution in [0.3, 0.4) is 0 Å². The SMILES string of the molecule is NC(=O)[C@H]1CC[C@@H](n2c(Nc3c(Cl)cc(F)cc3Cl)nc3cnc(NC4CCCOC4)nc32)CC1. The van der Waals surface area contributed by atoms with E-state index in [4.69, 9.17) is 43.6 Å². The molecule has 0 radical (unpaired) electrons. The smallest absolute Gasteiger partial charge is 0.225 e. The topological polar surface area (TPSA) is 120 Å². The first-order valence-electron chi connectivity index (χ1n) is 11.7. The van der Waals surface area contributed by atoms with Gasteiger partial charge in [-0.05, 0) is 50.7 Å². The van der Waals surface area contributed by atoms with Crippen molar-refractivity contribution in [3.05, 3.63) is 34.2 Å². The van der Waals surface area contributed by atoms with E-state index in [9.17, 15) is 9.18 Å². The van der Waals surface area contributed by atoms with E-state index in [1.54, 1.807) is 6.20 Å².